The maximum Gasteiger partial charge on any atom is 0.416 e. The minimum absolute atomic E-state index is 0.00627. The molecule has 1 heterocycles. The fraction of sp³-hybridized carbons (Fsp3) is 0.500. The summed E-state index contributed by atoms with van der Waals surface area (Å²) in [5.41, 5.74) is 19.6. The van der Waals surface area contributed by atoms with Gasteiger partial charge in [-0.3, -0.25) is 14.6 Å². The quantitative estimate of drug-likeness (QED) is 0.157. The molecule has 0 aliphatic heterocycles. The van der Waals surface area contributed by atoms with E-state index in [1.165, 1.54) is 12.1 Å². The van der Waals surface area contributed by atoms with E-state index in [-0.39, 0.29) is 24.2 Å². The molecule has 0 bridgehead atoms. The van der Waals surface area contributed by atoms with Crippen LogP contribution in [0.2, 0.25) is 0 Å². The highest BCUT2D eigenvalue weighted by Gasteiger charge is 2.30. The van der Waals surface area contributed by atoms with Crippen LogP contribution in [-0.4, -0.2) is 73.0 Å². The highest BCUT2D eigenvalue weighted by molar-refractivity contribution is 5.89. The second-order valence-electron chi connectivity index (χ2n) is 12.4. The predicted molar refractivity (Wildman–Crippen MR) is 172 cm³/mol. The normalized spacial score (nSPS) is 14.2. The van der Waals surface area contributed by atoms with Crippen molar-refractivity contribution in [3.63, 3.8) is 0 Å². The monoisotopic (exact) mass is 629 g/mol. The molecule has 1 amide bonds. The molecule has 3 atom stereocenters. The van der Waals surface area contributed by atoms with Gasteiger partial charge in [-0.05, 0) is 67.5 Å². The number of carbonyl (C=O) groups excluding carboxylic acids is 2. The van der Waals surface area contributed by atoms with E-state index < -0.39 is 23.7 Å². The third kappa shape index (κ3) is 11.5. The van der Waals surface area contributed by atoms with Crippen molar-refractivity contribution in [3.05, 3.63) is 77.5 Å². The van der Waals surface area contributed by atoms with E-state index in [1.54, 1.807) is 13.1 Å². The molecule has 0 aliphatic carbocycles. The molecule has 0 spiro atoms. The Morgan fingerprint density at radius 3 is 2.27 bits per heavy atom. The number of nitrogens with one attached hydrogen (secondary N) is 1. The largest absolute Gasteiger partial charge is 0.416 e. The van der Waals surface area contributed by atoms with Crippen LogP contribution < -0.4 is 22.5 Å². The molecule has 1 aromatic heterocycles. The van der Waals surface area contributed by atoms with Gasteiger partial charge in [0.15, 0.2) is 0 Å². The van der Waals surface area contributed by atoms with Crippen LogP contribution in [-0.2, 0) is 28.6 Å². The average Bonchev–Trinajstić information content (AvgIpc) is 2.99. The zero-order chi connectivity index (χ0) is 33.0. The van der Waals surface area contributed by atoms with E-state index in [4.69, 9.17) is 17.2 Å². The number of benzene rings is 2. The first kappa shape index (κ1) is 36.1. The first-order chi connectivity index (χ1) is 21.3. The summed E-state index contributed by atoms with van der Waals surface area (Å²) in [6.07, 6.45) is 0.111. The minimum Gasteiger partial charge on any atom is -0.353 e. The van der Waals surface area contributed by atoms with Gasteiger partial charge in [-0.2, -0.15) is 13.2 Å². The maximum atomic E-state index is 13.3. The zero-order valence-corrected chi connectivity index (χ0v) is 26.4. The Bertz CT molecular complexity index is 1380. The molecule has 11 heteroatoms. The van der Waals surface area contributed by atoms with Crippen molar-refractivity contribution >= 4 is 22.6 Å². The molecule has 3 aromatic rings. The Morgan fingerprint density at radius 2 is 1.62 bits per heavy atom. The van der Waals surface area contributed by atoms with Crippen molar-refractivity contribution in [2.45, 2.75) is 63.7 Å². The fourth-order valence-corrected chi connectivity index (χ4v) is 5.64. The number of Topliss-reactive ketones (excluding diaryl/α,β-unsaturated/α-hetero) is 1. The van der Waals surface area contributed by atoms with Gasteiger partial charge in [-0.15, -0.1) is 0 Å². The lowest BCUT2D eigenvalue weighted by atomic mass is 9.95. The molecule has 0 fully saturated rings. The van der Waals surface area contributed by atoms with Crippen molar-refractivity contribution in [2.75, 3.05) is 39.8 Å². The molecule has 3 rings (SSSR count). The number of alkyl halides is 3. The molecule has 0 saturated carbocycles. The lowest BCUT2D eigenvalue weighted by molar-refractivity contribution is -0.907. The summed E-state index contributed by atoms with van der Waals surface area (Å²) in [6, 6.07) is 13.8. The van der Waals surface area contributed by atoms with Crippen LogP contribution in [0.5, 0.6) is 0 Å². The smallest absolute Gasteiger partial charge is 0.353 e. The molecule has 246 valence electrons. The summed E-state index contributed by atoms with van der Waals surface area (Å²) in [7, 11) is 2.09. The van der Waals surface area contributed by atoms with E-state index >= 15 is 0 Å². The summed E-state index contributed by atoms with van der Waals surface area (Å²) in [5, 5.41) is 4.06. The number of ketones is 1. The first-order valence-electron chi connectivity index (χ1n) is 15.7. The molecule has 0 aliphatic rings. The van der Waals surface area contributed by atoms with Gasteiger partial charge in [0.05, 0.1) is 43.8 Å². The first-order valence-corrected chi connectivity index (χ1v) is 15.7. The van der Waals surface area contributed by atoms with Gasteiger partial charge < -0.3 is 27.0 Å². The Kier molecular flexibility index (Phi) is 13.5. The number of amides is 1. The molecule has 8 nitrogen and oxygen atoms in total. The van der Waals surface area contributed by atoms with E-state index in [0.717, 1.165) is 59.1 Å². The van der Waals surface area contributed by atoms with Gasteiger partial charge in [-0.1, -0.05) is 37.3 Å². The van der Waals surface area contributed by atoms with Crippen molar-refractivity contribution in [1.82, 2.24) is 10.3 Å². The zero-order valence-electron chi connectivity index (χ0n) is 26.4. The topological polar surface area (TPSA) is 137 Å². The number of aryl methyl sites for hydroxylation is 1. The highest BCUT2D eigenvalue weighted by Crippen LogP contribution is 2.29. The van der Waals surface area contributed by atoms with Crippen LogP contribution in [0.3, 0.4) is 0 Å². The summed E-state index contributed by atoms with van der Waals surface area (Å²) >= 11 is 0. The number of fused-ring (bicyclic) bond motifs is 1. The van der Waals surface area contributed by atoms with Crippen LogP contribution in [0, 0.1) is 5.92 Å². The Hall–Kier alpha value is -3.38. The lowest BCUT2D eigenvalue weighted by Crippen LogP contribution is -2.51. The second-order valence-corrected chi connectivity index (χ2v) is 12.4. The molecule has 7 N–H and O–H groups in total. The van der Waals surface area contributed by atoms with Gasteiger partial charge in [0.1, 0.15) is 5.78 Å². The number of nitrogens with two attached hydrogens (primary N) is 3. The molecule has 0 saturated heterocycles. The van der Waals surface area contributed by atoms with Crippen LogP contribution in [0.1, 0.15) is 49.3 Å². The van der Waals surface area contributed by atoms with Crippen molar-refractivity contribution in [3.8, 4) is 0 Å². The van der Waals surface area contributed by atoms with Gasteiger partial charge in [0.25, 0.3) is 0 Å². The second kappa shape index (κ2) is 16.8. The van der Waals surface area contributed by atoms with Crippen molar-refractivity contribution in [1.29, 1.82) is 0 Å². The maximum absolute atomic E-state index is 13.3. The SMILES string of the molecule is C[C@@H](CC(=O)[C@@H](N)CCC[N+](C)(CCN)CCN)C(=O)N[C@H](CCc1cnc2ccccc2c1)Cc1ccc(C(F)(F)F)cc1. The Balaban J connectivity index is 1.62. The Labute approximate surface area is 264 Å². The number of hydrogen-bond acceptors (Lipinski definition) is 6. The summed E-state index contributed by atoms with van der Waals surface area (Å²) < 4.78 is 40.0. The van der Waals surface area contributed by atoms with Crippen LogP contribution in [0.4, 0.5) is 13.2 Å². The highest BCUT2D eigenvalue weighted by atomic mass is 19.4. The molecule has 2 aromatic carbocycles. The van der Waals surface area contributed by atoms with Gasteiger partial charge in [-0.25, -0.2) is 0 Å². The van der Waals surface area contributed by atoms with E-state index in [1.807, 2.05) is 24.3 Å². The molecule has 45 heavy (non-hydrogen) atoms. The summed E-state index contributed by atoms with van der Waals surface area (Å²) in [4.78, 5) is 30.7. The standard InChI is InChI=1S/C34H47F3N6O2/c1-24(20-32(44)30(40)7-5-17-43(2,18-15-38)19-16-39)33(45)42-29(22-25-9-12-28(13-10-25)34(35,36)37)14-11-26-21-27-6-3-4-8-31(27)41-23-26/h3-4,6,8-10,12-13,21,23-24,29-30H,5,7,11,14-20,22,38-40H2,1-2H3/p+1/t24-,29+,30-/m0/s1. The van der Waals surface area contributed by atoms with Gasteiger partial charge in [0.2, 0.25) is 5.91 Å². The third-order valence-electron chi connectivity index (χ3n) is 8.46. The minimum atomic E-state index is -4.42. The van der Waals surface area contributed by atoms with Crippen LogP contribution >= 0.6 is 0 Å². The number of rotatable bonds is 18. The molecule has 0 unspecified atom stereocenters. The number of carbonyl (C=O) groups is 2. The number of aromatic nitrogens is 1. The van der Waals surface area contributed by atoms with E-state index in [9.17, 15) is 22.8 Å². The fourth-order valence-electron chi connectivity index (χ4n) is 5.64. The van der Waals surface area contributed by atoms with E-state index in [2.05, 4.69) is 23.4 Å². The average molecular weight is 630 g/mol. The number of pyridine rings is 1. The summed E-state index contributed by atoms with van der Waals surface area (Å²) in [5.74, 6) is -1.08. The third-order valence-corrected chi connectivity index (χ3v) is 8.46. The Morgan fingerprint density at radius 1 is 0.956 bits per heavy atom. The lowest BCUT2D eigenvalue weighted by Gasteiger charge is -2.34. The number of likely N-dealkylation sites (N-methyl/N-ethyl adjacent to an activating group) is 1. The van der Waals surface area contributed by atoms with Crippen molar-refractivity contribution < 1.29 is 27.2 Å². The number of hydrogen-bond donors (Lipinski definition) is 4. The van der Waals surface area contributed by atoms with Crippen molar-refractivity contribution in [2.24, 2.45) is 23.1 Å². The number of halogens is 3. The van der Waals surface area contributed by atoms with Crippen LogP contribution in [0.15, 0.2) is 60.8 Å². The number of quaternary nitrogens is 1. The van der Waals surface area contributed by atoms with Crippen LogP contribution in [0.25, 0.3) is 10.9 Å². The predicted octanol–water partition coefficient (Wildman–Crippen LogP) is 3.98. The molecule has 0 radical (unpaired) electrons. The molecular weight excluding hydrogens is 581 g/mol. The molecular formula is C34H48F3N6O2+. The number of para-hydroxylation sites is 1. The van der Waals surface area contributed by atoms with Gasteiger partial charge in [0, 0.05) is 43.1 Å². The van der Waals surface area contributed by atoms with E-state index in [0.29, 0.717) is 44.3 Å². The number of nitrogens with zero attached hydrogens (tertiary/aromatic N) is 2. The van der Waals surface area contributed by atoms with Gasteiger partial charge >= 0.3 is 6.18 Å². The summed E-state index contributed by atoms with van der Waals surface area (Å²) in [6.45, 7) is 5.19.